The van der Waals surface area contributed by atoms with E-state index in [1.807, 2.05) is 12.1 Å². The first-order valence-corrected chi connectivity index (χ1v) is 7.74. The highest BCUT2D eigenvalue weighted by Crippen LogP contribution is 2.28. The standard InChI is InChI=1S/C16H16BrN5/c1-9-11(5-6-13-12(9)4-3-7-19-13)10(2)21-16-15(18)20-8-14(17)22-16/h3-8,10H,1-2H3,(H2,18,20)(H,21,22). The zero-order chi connectivity index (χ0) is 15.7. The predicted molar refractivity (Wildman–Crippen MR) is 92.7 cm³/mol. The van der Waals surface area contributed by atoms with E-state index in [1.54, 1.807) is 12.4 Å². The number of halogens is 1. The van der Waals surface area contributed by atoms with Crippen LogP contribution in [0.15, 0.2) is 41.3 Å². The number of nitrogen functional groups attached to an aromatic ring is 1. The van der Waals surface area contributed by atoms with Gasteiger partial charge in [-0.1, -0.05) is 12.1 Å². The van der Waals surface area contributed by atoms with Crippen LogP contribution in [0.2, 0.25) is 0 Å². The number of hydrogen-bond acceptors (Lipinski definition) is 5. The largest absolute Gasteiger partial charge is 0.381 e. The summed E-state index contributed by atoms with van der Waals surface area (Å²) in [6.45, 7) is 4.18. The quantitative estimate of drug-likeness (QED) is 0.744. The number of fused-ring (bicyclic) bond motifs is 1. The zero-order valence-electron chi connectivity index (χ0n) is 12.3. The molecule has 2 heterocycles. The second-order valence-electron chi connectivity index (χ2n) is 5.14. The minimum Gasteiger partial charge on any atom is -0.381 e. The molecule has 3 rings (SSSR count). The lowest BCUT2D eigenvalue weighted by Gasteiger charge is -2.19. The van der Waals surface area contributed by atoms with Crippen molar-refractivity contribution in [3.8, 4) is 0 Å². The summed E-state index contributed by atoms with van der Waals surface area (Å²) in [5, 5.41) is 4.48. The number of aryl methyl sites for hydroxylation is 1. The van der Waals surface area contributed by atoms with Crippen molar-refractivity contribution in [2.75, 3.05) is 11.1 Å². The van der Waals surface area contributed by atoms with E-state index in [9.17, 15) is 0 Å². The Morgan fingerprint density at radius 2 is 2.05 bits per heavy atom. The van der Waals surface area contributed by atoms with Gasteiger partial charge in [0.1, 0.15) is 4.60 Å². The van der Waals surface area contributed by atoms with Crippen LogP contribution in [0.1, 0.15) is 24.1 Å². The van der Waals surface area contributed by atoms with Crippen LogP contribution < -0.4 is 11.1 Å². The summed E-state index contributed by atoms with van der Waals surface area (Å²) in [5.74, 6) is 0.961. The Kier molecular flexibility index (Phi) is 3.94. The molecule has 0 aliphatic carbocycles. The Hall–Kier alpha value is -2.21. The fourth-order valence-corrected chi connectivity index (χ4v) is 2.83. The van der Waals surface area contributed by atoms with E-state index in [0.29, 0.717) is 16.2 Å². The molecule has 112 valence electrons. The fourth-order valence-electron chi connectivity index (χ4n) is 2.55. The predicted octanol–water partition coefficient (Wildman–Crippen LogP) is 3.85. The van der Waals surface area contributed by atoms with E-state index in [0.717, 1.165) is 10.9 Å². The lowest BCUT2D eigenvalue weighted by atomic mass is 9.98. The molecule has 0 saturated carbocycles. The van der Waals surface area contributed by atoms with Gasteiger partial charge < -0.3 is 11.1 Å². The molecule has 1 atom stereocenters. The Morgan fingerprint density at radius 1 is 1.23 bits per heavy atom. The molecule has 22 heavy (non-hydrogen) atoms. The van der Waals surface area contributed by atoms with Gasteiger partial charge in [0.15, 0.2) is 11.6 Å². The summed E-state index contributed by atoms with van der Waals surface area (Å²) < 4.78 is 0.649. The van der Waals surface area contributed by atoms with E-state index >= 15 is 0 Å². The molecule has 0 amide bonds. The fraction of sp³-hybridized carbons (Fsp3) is 0.188. The third kappa shape index (κ3) is 2.74. The molecule has 0 saturated heterocycles. The number of aromatic nitrogens is 3. The average Bonchev–Trinajstić information content (AvgIpc) is 2.51. The number of nitrogens with one attached hydrogen (secondary N) is 1. The van der Waals surface area contributed by atoms with Gasteiger partial charge in [0.2, 0.25) is 0 Å². The van der Waals surface area contributed by atoms with Crippen molar-refractivity contribution >= 4 is 38.5 Å². The van der Waals surface area contributed by atoms with Crippen molar-refractivity contribution < 1.29 is 0 Å². The summed E-state index contributed by atoms with van der Waals surface area (Å²) >= 11 is 3.31. The van der Waals surface area contributed by atoms with Gasteiger partial charge in [-0.25, -0.2) is 9.97 Å². The smallest absolute Gasteiger partial charge is 0.170 e. The molecule has 0 bridgehead atoms. The number of anilines is 2. The van der Waals surface area contributed by atoms with Gasteiger partial charge >= 0.3 is 0 Å². The summed E-state index contributed by atoms with van der Waals surface area (Å²) in [7, 11) is 0. The number of benzene rings is 1. The number of nitrogens with zero attached hydrogens (tertiary/aromatic N) is 3. The van der Waals surface area contributed by atoms with Gasteiger partial charge in [0, 0.05) is 11.6 Å². The van der Waals surface area contributed by atoms with Gasteiger partial charge in [0.25, 0.3) is 0 Å². The lowest BCUT2D eigenvalue weighted by molar-refractivity contribution is 0.864. The molecular formula is C16H16BrN5. The van der Waals surface area contributed by atoms with Crippen LogP contribution in [0.5, 0.6) is 0 Å². The van der Waals surface area contributed by atoms with Crippen LogP contribution in [-0.2, 0) is 0 Å². The second kappa shape index (κ2) is 5.88. The highest BCUT2D eigenvalue weighted by Gasteiger charge is 2.13. The molecule has 6 heteroatoms. The molecule has 3 aromatic rings. The van der Waals surface area contributed by atoms with Crippen LogP contribution in [-0.4, -0.2) is 15.0 Å². The Labute approximate surface area is 137 Å². The van der Waals surface area contributed by atoms with E-state index in [4.69, 9.17) is 5.73 Å². The second-order valence-corrected chi connectivity index (χ2v) is 5.95. The minimum atomic E-state index is 0.0514. The van der Waals surface area contributed by atoms with Crippen LogP contribution >= 0.6 is 15.9 Å². The average molecular weight is 358 g/mol. The van der Waals surface area contributed by atoms with Gasteiger partial charge in [-0.05, 0) is 53.0 Å². The maximum absolute atomic E-state index is 5.88. The maximum Gasteiger partial charge on any atom is 0.170 e. The monoisotopic (exact) mass is 357 g/mol. The molecule has 0 spiro atoms. The van der Waals surface area contributed by atoms with Gasteiger partial charge in [0.05, 0.1) is 17.8 Å². The Balaban J connectivity index is 1.97. The lowest BCUT2D eigenvalue weighted by Crippen LogP contribution is -2.12. The van der Waals surface area contributed by atoms with Crippen molar-refractivity contribution in [3.05, 3.63) is 52.4 Å². The number of hydrogen-bond donors (Lipinski definition) is 2. The SMILES string of the molecule is Cc1c(C(C)Nc2nc(Br)cnc2N)ccc2ncccc12. The van der Waals surface area contributed by atoms with E-state index in [1.165, 1.54) is 11.1 Å². The molecule has 0 aliphatic rings. The van der Waals surface area contributed by atoms with Crippen molar-refractivity contribution in [2.24, 2.45) is 0 Å². The third-order valence-electron chi connectivity index (χ3n) is 3.69. The summed E-state index contributed by atoms with van der Waals surface area (Å²) in [5.41, 5.74) is 9.26. The first-order chi connectivity index (χ1) is 10.6. The van der Waals surface area contributed by atoms with E-state index in [2.05, 4.69) is 62.2 Å². The molecule has 3 N–H and O–H groups in total. The van der Waals surface area contributed by atoms with Crippen LogP contribution in [0.25, 0.3) is 10.9 Å². The molecule has 2 aromatic heterocycles. The topological polar surface area (TPSA) is 76.7 Å². The molecular weight excluding hydrogens is 342 g/mol. The highest BCUT2D eigenvalue weighted by molar-refractivity contribution is 9.10. The highest BCUT2D eigenvalue weighted by atomic mass is 79.9. The van der Waals surface area contributed by atoms with Crippen molar-refractivity contribution in [1.29, 1.82) is 0 Å². The van der Waals surface area contributed by atoms with Gasteiger partial charge in [-0.15, -0.1) is 0 Å². The normalized spacial score (nSPS) is 12.3. The Morgan fingerprint density at radius 3 is 2.86 bits per heavy atom. The molecule has 0 aliphatic heterocycles. The minimum absolute atomic E-state index is 0.0514. The maximum atomic E-state index is 5.88. The first-order valence-electron chi connectivity index (χ1n) is 6.95. The van der Waals surface area contributed by atoms with Gasteiger partial charge in [-0.2, -0.15) is 0 Å². The van der Waals surface area contributed by atoms with Crippen LogP contribution in [0.3, 0.4) is 0 Å². The van der Waals surface area contributed by atoms with Crippen molar-refractivity contribution in [3.63, 3.8) is 0 Å². The molecule has 1 aromatic carbocycles. The number of pyridine rings is 1. The van der Waals surface area contributed by atoms with Crippen LogP contribution in [0.4, 0.5) is 11.6 Å². The number of nitrogens with two attached hydrogens (primary N) is 1. The summed E-state index contributed by atoms with van der Waals surface area (Å²) in [4.78, 5) is 12.8. The van der Waals surface area contributed by atoms with Crippen molar-refractivity contribution in [1.82, 2.24) is 15.0 Å². The summed E-state index contributed by atoms with van der Waals surface area (Å²) in [6.07, 6.45) is 3.39. The van der Waals surface area contributed by atoms with Crippen LogP contribution in [0, 0.1) is 6.92 Å². The Bertz CT molecular complexity index is 834. The summed E-state index contributed by atoms with van der Waals surface area (Å²) in [6, 6.07) is 8.21. The molecule has 5 nitrogen and oxygen atoms in total. The van der Waals surface area contributed by atoms with E-state index in [-0.39, 0.29) is 6.04 Å². The first kappa shape index (κ1) is 14.7. The molecule has 0 fully saturated rings. The van der Waals surface area contributed by atoms with Crippen molar-refractivity contribution in [2.45, 2.75) is 19.9 Å². The van der Waals surface area contributed by atoms with E-state index < -0.39 is 0 Å². The third-order valence-corrected chi connectivity index (χ3v) is 4.07. The zero-order valence-corrected chi connectivity index (χ0v) is 13.9. The van der Waals surface area contributed by atoms with Gasteiger partial charge in [-0.3, -0.25) is 4.98 Å². The molecule has 0 radical (unpaired) electrons. The molecule has 1 unspecified atom stereocenters. The number of rotatable bonds is 3.